The average molecular weight is 245 g/mol. The van der Waals surface area contributed by atoms with Crippen molar-refractivity contribution in [2.45, 2.75) is 38.7 Å². The molecule has 1 heterocycles. The SMILES string of the molecule is CCN1C(=O)O[C@@]2(CCC[C@H]2C)c2ccccc21. The van der Waals surface area contributed by atoms with Crippen LogP contribution in [0.4, 0.5) is 10.5 Å². The zero-order chi connectivity index (χ0) is 12.8. The lowest BCUT2D eigenvalue weighted by atomic mass is 9.82. The van der Waals surface area contributed by atoms with Crippen molar-refractivity contribution in [3.05, 3.63) is 29.8 Å². The van der Waals surface area contributed by atoms with Gasteiger partial charge < -0.3 is 4.74 Å². The minimum atomic E-state index is -0.376. The molecule has 0 saturated heterocycles. The molecule has 3 nitrogen and oxygen atoms in total. The molecular weight excluding hydrogens is 226 g/mol. The molecule has 1 aliphatic carbocycles. The van der Waals surface area contributed by atoms with Gasteiger partial charge in [0.25, 0.3) is 0 Å². The number of hydrogen-bond acceptors (Lipinski definition) is 2. The van der Waals surface area contributed by atoms with E-state index in [2.05, 4.69) is 13.0 Å². The molecule has 2 aliphatic rings. The van der Waals surface area contributed by atoms with Gasteiger partial charge in [0.1, 0.15) is 5.60 Å². The van der Waals surface area contributed by atoms with Crippen LogP contribution in [0.15, 0.2) is 24.3 Å². The van der Waals surface area contributed by atoms with Crippen molar-refractivity contribution in [3.63, 3.8) is 0 Å². The highest BCUT2D eigenvalue weighted by Gasteiger charge is 2.50. The van der Waals surface area contributed by atoms with Gasteiger partial charge in [0.15, 0.2) is 0 Å². The standard InChI is InChI=1S/C15H19NO2/c1-3-16-13-9-5-4-8-12(13)15(18-14(16)17)10-6-7-11(15)2/h4-5,8-9,11H,3,6-7,10H2,1-2H3/t11-,15-/m1/s1. The fraction of sp³-hybridized carbons (Fsp3) is 0.533. The molecule has 1 fully saturated rings. The summed E-state index contributed by atoms with van der Waals surface area (Å²) >= 11 is 0. The predicted octanol–water partition coefficient (Wildman–Crippen LogP) is 3.68. The van der Waals surface area contributed by atoms with Crippen molar-refractivity contribution in [2.75, 3.05) is 11.4 Å². The number of fused-ring (bicyclic) bond motifs is 2. The Hall–Kier alpha value is -1.51. The van der Waals surface area contributed by atoms with Gasteiger partial charge in [-0.05, 0) is 32.3 Å². The maximum absolute atomic E-state index is 12.2. The van der Waals surface area contributed by atoms with Crippen molar-refractivity contribution >= 4 is 11.8 Å². The Balaban J connectivity index is 2.17. The first-order valence-electron chi connectivity index (χ1n) is 6.79. The molecule has 1 spiro atoms. The third kappa shape index (κ3) is 1.39. The van der Waals surface area contributed by atoms with Gasteiger partial charge >= 0.3 is 6.09 Å². The number of anilines is 1. The molecule has 1 aromatic carbocycles. The molecule has 0 bridgehead atoms. The number of para-hydroxylation sites is 1. The smallest absolute Gasteiger partial charge is 0.415 e. The first-order chi connectivity index (χ1) is 8.69. The number of rotatable bonds is 1. The number of carbonyl (C=O) groups excluding carboxylic acids is 1. The maximum Gasteiger partial charge on any atom is 0.415 e. The fourth-order valence-corrected chi connectivity index (χ4v) is 3.43. The second-order valence-electron chi connectivity index (χ2n) is 5.31. The molecule has 1 saturated carbocycles. The highest BCUT2D eigenvalue weighted by atomic mass is 16.6. The molecule has 0 N–H and O–H groups in total. The summed E-state index contributed by atoms with van der Waals surface area (Å²) in [5.41, 5.74) is 1.85. The minimum Gasteiger partial charge on any atom is -0.437 e. The van der Waals surface area contributed by atoms with E-state index in [1.165, 1.54) is 5.56 Å². The van der Waals surface area contributed by atoms with E-state index in [-0.39, 0.29) is 11.7 Å². The third-order valence-corrected chi connectivity index (χ3v) is 4.44. The van der Waals surface area contributed by atoms with Gasteiger partial charge in [0, 0.05) is 18.0 Å². The Morgan fingerprint density at radius 2 is 2.22 bits per heavy atom. The second-order valence-corrected chi connectivity index (χ2v) is 5.31. The van der Waals surface area contributed by atoms with Crippen molar-refractivity contribution < 1.29 is 9.53 Å². The molecule has 2 atom stereocenters. The van der Waals surface area contributed by atoms with Gasteiger partial charge in [-0.15, -0.1) is 0 Å². The van der Waals surface area contributed by atoms with E-state index >= 15 is 0 Å². The monoisotopic (exact) mass is 245 g/mol. The molecule has 1 amide bonds. The lowest BCUT2D eigenvalue weighted by Gasteiger charge is -2.42. The van der Waals surface area contributed by atoms with Gasteiger partial charge in [-0.3, -0.25) is 4.90 Å². The summed E-state index contributed by atoms with van der Waals surface area (Å²) < 4.78 is 5.86. The number of amides is 1. The first kappa shape index (κ1) is 11.6. The Kier molecular flexibility index (Phi) is 2.58. The summed E-state index contributed by atoms with van der Waals surface area (Å²) in [5.74, 6) is 0.404. The zero-order valence-electron chi connectivity index (χ0n) is 11.0. The van der Waals surface area contributed by atoms with Crippen LogP contribution in [-0.4, -0.2) is 12.6 Å². The van der Waals surface area contributed by atoms with Crippen LogP contribution in [0.2, 0.25) is 0 Å². The number of nitrogens with zero attached hydrogens (tertiary/aromatic N) is 1. The quantitative estimate of drug-likeness (QED) is 0.755. The molecule has 3 heteroatoms. The van der Waals surface area contributed by atoms with Gasteiger partial charge in [0.05, 0.1) is 5.69 Å². The average Bonchev–Trinajstić information content (AvgIpc) is 2.72. The molecule has 0 unspecified atom stereocenters. The molecule has 96 valence electrons. The summed E-state index contributed by atoms with van der Waals surface area (Å²) in [6.07, 6.45) is 3.03. The Morgan fingerprint density at radius 1 is 1.44 bits per heavy atom. The summed E-state index contributed by atoms with van der Waals surface area (Å²) in [4.78, 5) is 13.9. The van der Waals surface area contributed by atoms with Crippen LogP contribution in [0.1, 0.15) is 38.7 Å². The predicted molar refractivity (Wildman–Crippen MR) is 70.6 cm³/mol. The highest BCUT2D eigenvalue weighted by molar-refractivity contribution is 5.91. The van der Waals surface area contributed by atoms with E-state index < -0.39 is 0 Å². The third-order valence-electron chi connectivity index (χ3n) is 4.44. The Labute approximate surface area is 108 Å². The highest BCUT2D eigenvalue weighted by Crippen LogP contribution is 2.51. The summed E-state index contributed by atoms with van der Waals surface area (Å²) in [7, 11) is 0. The second kappa shape index (κ2) is 4.01. The molecule has 3 rings (SSSR count). The van der Waals surface area contributed by atoms with Crippen molar-refractivity contribution in [1.29, 1.82) is 0 Å². The van der Waals surface area contributed by atoms with Crippen molar-refractivity contribution in [2.24, 2.45) is 5.92 Å². The van der Waals surface area contributed by atoms with Gasteiger partial charge in [0.2, 0.25) is 0 Å². The normalized spacial score (nSPS) is 30.4. The van der Waals surface area contributed by atoms with Gasteiger partial charge in [-0.2, -0.15) is 0 Å². The lowest BCUT2D eigenvalue weighted by molar-refractivity contribution is -0.0194. The van der Waals surface area contributed by atoms with Gasteiger partial charge in [-0.25, -0.2) is 4.79 Å². The summed E-state index contributed by atoms with van der Waals surface area (Å²) in [6, 6.07) is 8.18. The molecular formula is C15H19NO2. The number of ether oxygens (including phenoxy) is 1. The molecule has 1 aliphatic heterocycles. The van der Waals surface area contributed by atoms with E-state index in [1.807, 2.05) is 25.1 Å². The van der Waals surface area contributed by atoms with Crippen LogP contribution >= 0.6 is 0 Å². The maximum atomic E-state index is 12.2. The van der Waals surface area contributed by atoms with Crippen LogP contribution < -0.4 is 4.90 Å². The topological polar surface area (TPSA) is 29.5 Å². The van der Waals surface area contributed by atoms with Crippen LogP contribution in [0.5, 0.6) is 0 Å². The first-order valence-corrected chi connectivity index (χ1v) is 6.79. The Morgan fingerprint density at radius 3 is 2.89 bits per heavy atom. The summed E-state index contributed by atoms with van der Waals surface area (Å²) in [6.45, 7) is 4.83. The van der Waals surface area contributed by atoms with E-state index in [4.69, 9.17) is 4.74 Å². The molecule has 1 aromatic rings. The lowest BCUT2D eigenvalue weighted by Crippen LogP contribution is -2.47. The number of benzene rings is 1. The van der Waals surface area contributed by atoms with Crippen molar-refractivity contribution in [1.82, 2.24) is 0 Å². The van der Waals surface area contributed by atoms with Crippen LogP contribution in [0, 0.1) is 5.92 Å². The fourth-order valence-electron chi connectivity index (χ4n) is 3.43. The minimum absolute atomic E-state index is 0.190. The molecule has 18 heavy (non-hydrogen) atoms. The zero-order valence-corrected chi connectivity index (χ0v) is 11.0. The van der Waals surface area contributed by atoms with Crippen LogP contribution in [0.25, 0.3) is 0 Å². The van der Waals surface area contributed by atoms with E-state index in [0.717, 1.165) is 24.9 Å². The van der Waals surface area contributed by atoms with Gasteiger partial charge in [-0.1, -0.05) is 25.1 Å². The van der Waals surface area contributed by atoms with Crippen molar-refractivity contribution in [3.8, 4) is 0 Å². The van der Waals surface area contributed by atoms with E-state index in [0.29, 0.717) is 12.5 Å². The summed E-state index contributed by atoms with van der Waals surface area (Å²) in [5, 5.41) is 0. The van der Waals surface area contributed by atoms with Crippen LogP contribution in [0.3, 0.4) is 0 Å². The van der Waals surface area contributed by atoms with E-state index in [9.17, 15) is 4.79 Å². The number of hydrogen-bond donors (Lipinski definition) is 0. The number of carbonyl (C=O) groups is 1. The van der Waals surface area contributed by atoms with Crippen LogP contribution in [-0.2, 0) is 10.3 Å². The molecule has 0 radical (unpaired) electrons. The molecule has 0 aromatic heterocycles. The van der Waals surface area contributed by atoms with E-state index in [1.54, 1.807) is 4.90 Å². The Bertz CT molecular complexity index is 485. The largest absolute Gasteiger partial charge is 0.437 e.